The largest absolute Gasteiger partial charge is 0.467 e. The molecule has 1 atom stereocenters. The number of hydrogen-bond acceptors (Lipinski definition) is 7. The van der Waals surface area contributed by atoms with Crippen molar-refractivity contribution >= 4 is 28.9 Å². The van der Waals surface area contributed by atoms with Crippen LogP contribution >= 0.6 is 11.6 Å². The van der Waals surface area contributed by atoms with E-state index in [2.05, 4.69) is 10.1 Å². The SMILES string of the molecule is COC(=O)C(C)OCCNc1cc(Oc2ccc(C(F)(F)F)cc2Cl)ccc1[N+](=O)[O-]. The van der Waals surface area contributed by atoms with Crippen molar-refractivity contribution in [1.82, 2.24) is 0 Å². The predicted octanol–water partition coefficient (Wildman–Crippen LogP) is 5.05. The summed E-state index contributed by atoms with van der Waals surface area (Å²) < 4.78 is 53.5. The number of rotatable bonds is 9. The summed E-state index contributed by atoms with van der Waals surface area (Å²) >= 11 is 5.87. The molecule has 0 aromatic heterocycles. The van der Waals surface area contributed by atoms with E-state index < -0.39 is 28.7 Å². The van der Waals surface area contributed by atoms with Crippen LogP contribution in [0, 0.1) is 10.1 Å². The summed E-state index contributed by atoms with van der Waals surface area (Å²) in [6, 6.07) is 6.35. The topological polar surface area (TPSA) is 99.9 Å². The van der Waals surface area contributed by atoms with Gasteiger partial charge in [0.1, 0.15) is 17.2 Å². The maximum absolute atomic E-state index is 12.8. The zero-order valence-corrected chi connectivity index (χ0v) is 17.1. The Kier molecular flexibility index (Phi) is 8.06. The Balaban J connectivity index is 2.12. The third kappa shape index (κ3) is 6.72. The first-order chi connectivity index (χ1) is 14.5. The molecule has 8 nitrogen and oxygen atoms in total. The number of ether oxygens (including phenoxy) is 3. The second-order valence-electron chi connectivity index (χ2n) is 6.14. The van der Waals surface area contributed by atoms with E-state index >= 15 is 0 Å². The van der Waals surface area contributed by atoms with E-state index in [1.165, 1.54) is 32.2 Å². The van der Waals surface area contributed by atoms with Gasteiger partial charge in [0, 0.05) is 18.7 Å². The highest BCUT2D eigenvalue weighted by Crippen LogP contribution is 2.37. The lowest BCUT2D eigenvalue weighted by molar-refractivity contribution is -0.384. The summed E-state index contributed by atoms with van der Waals surface area (Å²) in [5, 5.41) is 13.8. The van der Waals surface area contributed by atoms with Gasteiger partial charge in [-0.1, -0.05) is 11.6 Å². The summed E-state index contributed by atoms with van der Waals surface area (Å²) in [5.41, 5.74) is -1.11. The molecule has 2 rings (SSSR count). The molecule has 1 N–H and O–H groups in total. The Morgan fingerprint density at radius 3 is 2.55 bits per heavy atom. The minimum absolute atomic E-state index is 0.0449. The van der Waals surface area contributed by atoms with E-state index in [1.54, 1.807) is 0 Å². The zero-order valence-electron chi connectivity index (χ0n) is 16.4. The molecule has 0 heterocycles. The summed E-state index contributed by atoms with van der Waals surface area (Å²) in [6.07, 6.45) is -5.36. The van der Waals surface area contributed by atoms with Crippen LogP contribution < -0.4 is 10.1 Å². The average Bonchev–Trinajstić information content (AvgIpc) is 2.71. The smallest absolute Gasteiger partial charge is 0.416 e. The van der Waals surface area contributed by atoms with E-state index in [0.29, 0.717) is 0 Å². The molecule has 12 heteroatoms. The Morgan fingerprint density at radius 2 is 1.97 bits per heavy atom. The Bertz CT molecular complexity index is 955. The molecule has 0 aliphatic rings. The maximum Gasteiger partial charge on any atom is 0.416 e. The van der Waals surface area contributed by atoms with Gasteiger partial charge in [-0.15, -0.1) is 0 Å². The highest BCUT2D eigenvalue weighted by atomic mass is 35.5. The lowest BCUT2D eigenvalue weighted by Gasteiger charge is -2.14. The monoisotopic (exact) mass is 462 g/mol. The number of nitrogens with one attached hydrogen (secondary N) is 1. The van der Waals surface area contributed by atoms with Gasteiger partial charge in [-0.25, -0.2) is 4.79 Å². The number of nitro benzene ring substituents is 1. The number of benzene rings is 2. The van der Waals surface area contributed by atoms with Crippen molar-refractivity contribution in [2.75, 3.05) is 25.6 Å². The zero-order chi connectivity index (χ0) is 23.2. The lowest BCUT2D eigenvalue weighted by atomic mass is 10.2. The number of nitrogens with zero attached hydrogens (tertiary/aromatic N) is 1. The average molecular weight is 463 g/mol. The number of carbonyl (C=O) groups excluding carboxylic acids is 1. The van der Waals surface area contributed by atoms with Crippen LogP contribution in [-0.4, -0.2) is 37.3 Å². The third-order valence-electron chi connectivity index (χ3n) is 3.97. The molecule has 0 bridgehead atoms. The quantitative estimate of drug-likeness (QED) is 0.241. The van der Waals surface area contributed by atoms with E-state index in [1.807, 2.05) is 0 Å². The highest BCUT2D eigenvalue weighted by molar-refractivity contribution is 6.32. The molecule has 0 saturated heterocycles. The molecule has 0 spiro atoms. The first kappa shape index (κ1) is 24.2. The standard InChI is InChI=1S/C19H18ClF3N2O6/c1-11(18(26)29-2)30-8-7-24-15-10-13(4-5-16(15)25(27)28)31-17-6-3-12(9-14(17)20)19(21,22)23/h3-6,9-11,24H,7-8H2,1-2H3. The van der Waals surface area contributed by atoms with Gasteiger partial charge < -0.3 is 19.5 Å². The predicted molar refractivity (Wildman–Crippen MR) is 106 cm³/mol. The van der Waals surface area contributed by atoms with Gasteiger partial charge in [0.2, 0.25) is 0 Å². The van der Waals surface area contributed by atoms with E-state index in [4.69, 9.17) is 21.1 Å². The molecule has 0 radical (unpaired) electrons. The van der Waals surface area contributed by atoms with Gasteiger partial charge in [-0.2, -0.15) is 13.2 Å². The van der Waals surface area contributed by atoms with Crippen LogP contribution in [-0.2, 0) is 20.4 Å². The van der Waals surface area contributed by atoms with Gasteiger partial charge >= 0.3 is 12.1 Å². The summed E-state index contributed by atoms with van der Waals surface area (Å²) in [4.78, 5) is 21.9. The van der Waals surface area contributed by atoms with E-state index in [-0.39, 0.29) is 41.0 Å². The summed E-state index contributed by atoms with van der Waals surface area (Å²) in [7, 11) is 1.22. The van der Waals surface area contributed by atoms with Crippen molar-refractivity contribution in [2.45, 2.75) is 19.2 Å². The summed E-state index contributed by atoms with van der Waals surface area (Å²) in [5.74, 6) is -0.502. The molecule has 1 unspecified atom stereocenters. The van der Waals surface area contributed by atoms with Gasteiger partial charge in [0.15, 0.2) is 6.10 Å². The van der Waals surface area contributed by atoms with Crippen LogP contribution in [0.4, 0.5) is 24.5 Å². The number of halogens is 4. The minimum Gasteiger partial charge on any atom is -0.467 e. The fourth-order valence-corrected chi connectivity index (χ4v) is 2.64. The third-order valence-corrected chi connectivity index (χ3v) is 4.27. The molecule has 2 aromatic rings. The van der Waals surface area contributed by atoms with Gasteiger partial charge in [-0.05, 0) is 31.2 Å². The molecule has 2 aromatic carbocycles. The minimum atomic E-state index is -4.56. The number of anilines is 1. The number of alkyl halides is 3. The number of esters is 1. The maximum atomic E-state index is 12.8. The van der Waals surface area contributed by atoms with Crippen LogP contribution in [0.2, 0.25) is 5.02 Å². The van der Waals surface area contributed by atoms with E-state index in [0.717, 1.165) is 18.2 Å². The van der Waals surface area contributed by atoms with Gasteiger partial charge in [-0.3, -0.25) is 10.1 Å². The van der Waals surface area contributed by atoms with E-state index in [9.17, 15) is 28.1 Å². The molecule has 0 aliphatic carbocycles. The molecular weight excluding hydrogens is 445 g/mol. The molecule has 0 amide bonds. The number of hydrogen-bond donors (Lipinski definition) is 1. The van der Waals surface area contributed by atoms with Crippen LogP contribution in [0.3, 0.4) is 0 Å². The van der Waals surface area contributed by atoms with Gasteiger partial charge in [0.05, 0.1) is 29.2 Å². The van der Waals surface area contributed by atoms with Crippen molar-refractivity contribution in [2.24, 2.45) is 0 Å². The molecule has 0 fully saturated rings. The second kappa shape index (κ2) is 10.3. The first-order valence-corrected chi connectivity index (χ1v) is 9.17. The number of carbonyl (C=O) groups is 1. The number of methoxy groups -OCH3 is 1. The number of nitro groups is 1. The first-order valence-electron chi connectivity index (χ1n) is 8.79. The molecule has 31 heavy (non-hydrogen) atoms. The van der Waals surface area contributed by atoms with Crippen molar-refractivity contribution in [3.63, 3.8) is 0 Å². The van der Waals surface area contributed by atoms with Crippen molar-refractivity contribution in [3.05, 3.63) is 57.1 Å². The second-order valence-corrected chi connectivity index (χ2v) is 6.55. The molecule has 0 saturated carbocycles. The Labute approximate surface area is 180 Å². The molecular formula is C19H18ClF3N2O6. The Morgan fingerprint density at radius 1 is 1.26 bits per heavy atom. The van der Waals surface area contributed by atoms with Crippen LogP contribution in [0.15, 0.2) is 36.4 Å². The fourth-order valence-electron chi connectivity index (χ4n) is 2.42. The Hall–Kier alpha value is -3.05. The van der Waals surface area contributed by atoms with Crippen LogP contribution in [0.25, 0.3) is 0 Å². The van der Waals surface area contributed by atoms with Crippen molar-refractivity contribution in [1.29, 1.82) is 0 Å². The molecule has 168 valence electrons. The summed E-state index contributed by atoms with van der Waals surface area (Å²) in [6.45, 7) is 1.66. The van der Waals surface area contributed by atoms with Crippen LogP contribution in [0.5, 0.6) is 11.5 Å². The van der Waals surface area contributed by atoms with Crippen LogP contribution in [0.1, 0.15) is 12.5 Å². The molecule has 0 aliphatic heterocycles. The fraction of sp³-hybridized carbons (Fsp3) is 0.316. The normalized spacial score (nSPS) is 12.2. The lowest BCUT2D eigenvalue weighted by Crippen LogP contribution is -2.24. The highest BCUT2D eigenvalue weighted by Gasteiger charge is 2.31. The van der Waals surface area contributed by atoms with Gasteiger partial charge in [0.25, 0.3) is 5.69 Å². The van der Waals surface area contributed by atoms with Crippen molar-refractivity contribution in [3.8, 4) is 11.5 Å². The van der Waals surface area contributed by atoms with Crippen molar-refractivity contribution < 1.29 is 37.1 Å².